The van der Waals surface area contributed by atoms with Crippen LogP contribution in [0.3, 0.4) is 0 Å². The van der Waals surface area contributed by atoms with Crippen LogP contribution >= 0.6 is 0 Å². The number of rotatable bonds is 4. The molecule has 0 radical (unpaired) electrons. The molecule has 0 unspecified atom stereocenters. The van der Waals surface area contributed by atoms with Crippen LogP contribution in [0.15, 0.2) is 42.0 Å². The number of nitrogens with one attached hydrogen (secondary N) is 1. The zero-order chi connectivity index (χ0) is 22.9. The van der Waals surface area contributed by atoms with Gasteiger partial charge in [-0.1, -0.05) is 71.2 Å². The quantitative estimate of drug-likeness (QED) is 0.572. The van der Waals surface area contributed by atoms with Gasteiger partial charge in [0.2, 0.25) is 12.7 Å². The molecule has 4 heteroatoms. The molecule has 1 aliphatic heterocycles. The average molecular weight is 434 g/mol. The van der Waals surface area contributed by atoms with Crippen molar-refractivity contribution >= 4 is 17.7 Å². The Morgan fingerprint density at radius 1 is 1.00 bits per heavy atom. The van der Waals surface area contributed by atoms with E-state index in [1.807, 2.05) is 24.3 Å². The molecule has 2 aliphatic carbocycles. The number of fused-ring (bicyclic) bond motifs is 2. The Labute approximate surface area is 192 Å². The molecule has 0 saturated heterocycles. The lowest BCUT2D eigenvalue weighted by Gasteiger charge is -2.19. The lowest BCUT2D eigenvalue weighted by atomic mass is 9.85. The third-order valence-corrected chi connectivity index (χ3v) is 6.69. The van der Waals surface area contributed by atoms with Gasteiger partial charge in [0.15, 0.2) is 11.5 Å². The van der Waals surface area contributed by atoms with Gasteiger partial charge >= 0.3 is 0 Å². The maximum Gasteiger partial charge on any atom is 0.235 e. The van der Waals surface area contributed by atoms with Crippen LogP contribution in [0.1, 0.15) is 77.0 Å². The molecule has 0 atom stereocenters. The number of carbonyl (C=O) groups excluding carboxylic acids is 1. The molecule has 5 rings (SSSR count). The molecule has 1 N–H and O–H groups in total. The molecular formula is C28H35NO3. The van der Waals surface area contributed by atoms with E-state index in [1.54, 1.807) is 0 Å². The number of benzene rings is 2. The highest BCUT2D eigenvalue weighted by Crippen LogP contribution is 2.51. The van der Waals surface area contributed by atoms with E-state index in [1.165, 1.54) is 29.5 Å². The highest BCUT2D eigenvalue weighted by molar-refractivity contribution is 6.01. The molecule has 32 heavy (non-hydrogen) atoms. The average Bonchev–Trinajstić information content (AvgIpc) is 3.25. The van der Waals surface area contributed by atoms with Crippen molar-refractivity contribution in [1.82, 2.24) is 0 Å². The number of carbonyl (C=O) groups is 1. The van der Waals surface area contributed by atoms with Crippen LogP contribution in [-0.2, 0) is 16.6 Å². The Kier molecular flexibility index (Phi) is 6.07. The molecule has 170 valence electrons. The summed E-state index contributed by atoms with van der Waals surface area (Å²) in [7, 11) is 0. The number of ether oxygens (including phenoxy) is 2. The van der Waals surface area contributed by atoms with Crippen LogP contribution in [0.4, 0.5) is 5.69 Å². The molecule has 2 aromatic carbocycles. The minimum atomic E-state index is -0.452. The molecule has 0 bridgehead atoms. The fourth-order valence-corrected chi connectivity index (χ4v) is 4.11. The smallest absolute Gasteiger partial charge is 0.235 e. The molecular weight excluding hydrogens is 398 g/mol. The zero-order valence-electron chi connectivity index (χ0n) is 20.0. The lowest BCUT2D eigenvalue weighted by molar-refractivity contribution is -0.118. The standard InChI is InChI=1S/C24H25NO3.C4H10/c1-23(2,3)18-10-15-4-6-19(12-16(15)11-18)25-22(26)24(8-9-24)17-5-7-20-21(13-17)28-14-27-20;1-3-4-2/h4-7,11-13H,8-10,14H2,1-3H3,(H,25,26);3-4H2,1-2H3. The largest absolute Gasteiger partial charge is 0.454 e. The van der Waals surface area contributed by atoms with Gasteiger partial charge in [-0.25, -0.2) is 0 Å². The van der Waals surface area contributed by atoms with Crippen molar-refractivity contribution in [3.8, 4) is 11.5 Å². The van der Waals surface area contributed by atoms with Crippen LogP contribution in [0.25, 0.3) is 6.08 Å². The summed E-state index contributed by atoms with van der Waals surface area (Å²) in [5.41, 5.74) is 5.57. The van der Waals surface area contributed by atoms with Gasteiger partial charge in [0.1, 0.15) is 0 Å². The van der Waals surface area contributed by atoms with Gasteiger partial charge in [-0.15, -0.1) is 0 Å². The van der Waals surface area contributed by atoms with Gasteiger partial charge in [0.25, 0.3) is 0 Å². The van der Waals surface area contributed by atoms with E-state index in [2.05, 4.69) is 58.1 Å². The highest BCUT2D eigenvalue weighted by atomic mass is 16.7. The number of hydrogen-bond acceptors (Lipinski definition) is 3. The first-order valence-corrected chi connectivity index (χ1v) is 11.8. The van der Waals surface area contributed by atoms with Gasteiger partial charge < -0.3 is 14.8 Å². The summed E-state index contributed by atoms with van der Waals surface area (Å²) in [6.07, 6.45) is 7.62. The molecule has 1 amide bonds. The van der Waals surface area contributed by atoms with Crippen LogP contribution < -0.4 is 14.8 Å². The van der Waals surface area contributed by atoms with Crippen LogP contribution in [0, 0.1) is 5.41 Å². The monoisotopic (exact) mass is 433 g/mol. The predicted octanol–water partition coefficient (Wildman–Crippen LogP) is 6.88. The van der Waals surface area contributed by atoms with E-state index >= 15 is 0 Å². The van der Waals surface area contributed by atoms with Gasteiger partial charge in [-0.05, 0) is 65.6 Å². The summed E-state index contributed by atoms with van der Waals surface area (Å²) in [6, 6.07) is 12.1. The predicted molar refractivity (Wildman–Crippen MR) is 130 cm³/mol. The van der Waals surface area contributed by atoms with Crippen molar-refractivity contribution in [2.24, 2.45) is 5.41 Å². The second-order valence-corrected chi connectivity index (χ2v) is 10.1. The number of amides is 1. The van der Waals surface area contributed by atoms with E-state index in [4.69, 9.17) is 9.47 Å². The Bertz CT molecular complexity index is 1040. The second-order valence-electron chi connectivity index (χ2n) is 10.1. The summed E-state index contributed by atoms with van der Waals surface area (Å²) in [5.74, 6) is 1.54. The first-order valence-electron chi connectivity index (χ1n) is 11.8. The Morgan fingerprint density at radius 2 is 1.72 bits per heavy atom. The summed E-state index contributed by atoms with van der Waals surface area (Å²) in [5, 5.41) is 3.15. The molecule has 0 spiro atoms. The number of allylic oxidation sites excluding steroid dienone is 1. The van der Waals surface area contributed by atoms with E-state index in [0.717, 1.165) is 42.0 Å². The lowest BCUT2D eigenvalue weighted by Crippen LogP contribution is -2.27. The van der Waals surface area contributed by atoms with Crippen molar-refractivity contribution in [1.29, 1.82) is 0 Å². The maximum atomic E-state index is 13.1. The summed E-state index contributed by atoms with van der Waals surface area (Å²) in [6.45, 7) is 11.3. The number of anilines is 1. The fraction of sp³-hybridized carbons (Fsp3) is 0.464. The number of unbranched alkanes of at least 4 members (excludes halogenated alkanes) is 1. The third-order valence-electron chi connectivity index (χ3n) is 6.69. The third kappa shape index (κ3) is 4.41. The van der Waals surface area contributed by atoms with Crippen molar-refractivity contribution in [3.63, 3.8) is 0 Å². The highest BCUT2D eigenvalue weighted by Gasteiger charge is 2.51. The van der Waals surface area contributed by atoms with Gasteiger partial charge in [-0.3, -0.25) is 4.79 Å². The topological polar surface area (TPSA) is 47.6 Å². The molecule has 1 fully saturated rings. The summed E-state index contributed by atoms with van der Waals surface area (Å²) in [4.78, 5) is 13.1. The Balaban J connectivity index is 0.000000567. The summed E-state index contributed by atoms with van der Waals surface area (Å²) >= 11 is 0. The SMILES string of the molecule is CC(C)(C)C1=Cc2cc(NC(=O)C3(c4ccc5c(c4)OCO5)CC3)ccc2C1.CCCC. The molecule has 3 aliphatic rings. The molecule has 0 aromatic heterocycles. The van der Waals surface area contributed by atoms with Gasteiger partial charge in [-0.2, -0.15) is 0 Å². The second kappa shape index (κ2) is 8.65. The van der Waals surface area contributed by atoms with E-state index in [0.29, 0.717) is 0 Å². The van der Waals surface area contributed by atoms with Crippen molar-refractivity contribution < 1.29 is 14.3 Å². The van der Waals surface area contributed by atoms with Crippen molar-refractivity contribution in [2.75, 3.05) is 12.1 Å². The first-order chi connectivity index (χ1) is 15.3. The van der Waals surface area contributed by atoms with Gasteiger partial charge in [0.05, 0.1) is 5.41 Å². The minimum absolute atomic E-state index is 0.0596. The van der Waals surface area contributed by atoms with Crippen LogP contribution in [0.2, 0.25) is 0 Å². The Hall–Kier alpha value is -2.75. The van der Waals surface area contributed by atoms with Crippen molar-refractivity contribution in [3.05, 3.63) is 58.7 Å². The van der Waals surface area contributed by atoms with Crippen LogP contribution in [-0.4, -0.2) is 12.7 Å². The molecule has 2 aromatic rings. The molecule has 1 saturated carbocycles. The first kappa shape index (κ1) is 22.4. The zero-order valence-corrected chi connectivity index (χ0v) is 20.0. The van der Waals surface area contributed by atoms with E-state index in [-0.39, 0.29) is 18.1 Å². The Morgan fingerprint density at radius 3 is 2.38 bits per heavy atom. The minimum Gasteiger partial charge on any atom is -0.454 e. The maximum absolute atomic E-state index is 13.1. The number of hydrogen-bond donors (Lipinski definition) is 1. The summed E-state index contributed by atoms with van der Waals surface area (Å²) < 4.78 is 10.9. The molecule has 1 heterocycles. The molecule has 4 nitrogen and oxygen atoms in total. The fourth-order valence-electron chi connectivity index (χ4n) is 4.11. The van der Waals surface area contributed by atoms with Gasteiger partial charge in [0, 0.05) is 5.69 Å². The normalized spacial score (nSPS) is 17.1. The van der Waals surface area contributed by atoms with Crippen LogP contribution in [0.5, 0.6) is 11.5 Å². The van der Waals surface area contributed by atoms with Crippen molar-refractivity contribution in [2.45, 2.75) is 72.1 Å². The van der Waals surface area contributed by atoms with E-state index in [9.17, 15) is 4.79 Å². The van der Waals surface area contributed by atoms with E-state index < -0.39 is 5.41 Å².